The Bertz CT molecular complexity index is 740. The normalized spacial score (nSPS) is 20.0. The first-order valence-electron chi connectivity index (χ1n) is 7.89. The number of ether oxygens (including phenoxy) is 1. The van der Waals surface area contributed by atoms with Crippen molar-refractivity contribution in [1.29, 1.82) is 0 Å². The summed E-state index contributed by atoms with van der Waals surface area (Å²) in [5.41, 5.74) is 1.73. The summed E-state index contributed by atoms with van der Waals surface area (Å²) in [5, 5.41) is 6.57. The van der Waals surface area contributed by atoms with E-state index in [0.29, 0.717) is 24.7 Å². The van der Waals surface area contributed by atoms with Gasteiger partial charge in [0.25, 0.3) is 0 Å². The highest BCUT2D eigenvalue weighted by Gasteiger charge is 2.29. The molecule has 0 bridgehead atoms. The lowest BCUT2D eigenvalue weighted by molar-refractivity contribution is -0.123. The predicted molar refractivity (Wildman–Crippen MR) is 99.1 cm³/mol. The third-order valence-corrected chi connectivity index (χ3v) is 5.05. The molecule has 1 fully saturated rings. The maximum atomic E-state index is 13.3. The first-order valence-corrected chi connectivity index (χ1v) is 8.71. The topological polar surface area (TPSA) is 63.2 Å². The van der Waals surface area contributed by atoms with Crippen LogP contribution in [-0.4, -0.2) is 36.2 Å². The number of aryl methyl sites for hydroxylation is 1. The molecule has 2 heterocycles. The van der Waals surface area contributed by atoms with Gasteiger partial charge in [-0.3, -0.25) is 4.79 Å². The van der Waals surface area contributed by atoms with Crippen LogP contribution in [0.2, 0.25) is 0 Å². The van der Waals surface area contributed by atoms with Gasteiger partial charge in [-0.05, 0) is 31.5 Å². The van der Waals surface area contributed by atoms with Crippen LogP contribution in [0.5, 0.6) is 0 Å². The second kappa shape index (κ2) is 8.71. The fourth-order valence-corrected chi connectivity index (χ4v) is 3.69. The summed E-state index contributed by atoms with van der Waals surface area (Å²) in [6.45, 7) is 5.04. The van der Waals surface area contributed by atoms with Crippen LogP contribution >= 0.6 is 23.7 Å². The molecule has 2 N–H and O–H groups in total. The van der Waals surface area contributed by atoms with E-state index in [9.17, 15) is 9.18 Å². The van der Waals surface area contributed by atoms with Crippen molar-refractivity contribution in [2.24, 2.45) is 0 Å². The van der Waals surface area contributed by atoms with E-state index in [1.807, 2.05) is 19.9 Å². The largest absolute Gasteiger partial charge is 0.375 e. The van der Waals surface area contributed by atoms with Crippen molar-refractivity contribution >= 4 is 34.8 Å². The van der Waals surface area contributed by atoms with Crippen molar-refractivity contribution < 1.29 is 13.9 Å². The third kappa shape index (κ3) is 4.98. The zero-order valence-corrected chi connectivity index (χ0v) is 15.7. The molecule has 5 nitrogen and oxygen atoms in total. The molecular formula is C17H21ClFN3O2S. The average Bonchev–Trinajstić information content (AvgIpc) is 2.87. The van der Waals surface area contributed by atoms with Crippen LogP contribution in [-0.2, 0) is 16.0 Å². The van der Waals surface area contributed by atoms with E-state index in [-0.39, 0.29) is 36.3 Å². The lowest BCUT2D eigenvalue weighted by Gasteiger charge is -2.28. The molecule has 25 heavy (non-hydrogen) atoms. The van der Waals surface area contributed by atoms with Gasteiger partial charge in [-0.1, -0.05) is 12.1 Å². The zero-order chi connectivity index (χ0) is 17.1. The Morgan fingerprint density at radius 1 is 1.52 bits per heavy atom. The molecule has 1 saturated heterocycles. The molecule has 1 aliphatic heterocycles. The summed E-state index contributed by atoms with van der Waals surface area (Å²) in [4.78, 5) is 17.8. The van der Waals surface area contributed by atoms with Gasteiger partial charge in [0.15, 0.2) is 5.13 Å². The Morgan fingerprint density at radius 3 is 3.04 bits per heavy atom. The number of hydrogen-bond donors (Lipinski definition) is 2. The van der Waals surface area contributed by atoms with E-state index in [2.05, 4.69) is 15.6 Å². The van der Waals surface area contributed by atoms with Crippen molar-refractivity contribution in [3.8, 4) is 0 Å². The monoisotopic (exact) mass is 385 g/mol. The fourth-order valence-electron chi connectivity index (χ4n) is 2.69. The number of aromatic nitrogens is 1. The summed E-state index contributed by atoms with van der Waals surface area (Å²) in [7, 11) is 0. The van der Waals surface area contributed by atoms with E-state index >= 15 is 0 Å². The van der Waals surface area contributed by atoms with Gasteiger partial charge in [0.05, 0.1) is 18.4 Å². The smallest absolute Gasteiger partial charge is 0.245 e. The minimum atomic E-state index is -0.380. The molecule has 1 aliphatic rings. The van der Waals surface area contributed by atoms with Gasteiger partial charge in [-0.25, -0.2) is 9.37 Å². The van der Waals surface area contributed by atoms with Gasteiger partial charge in [-0.2, -0.15) is 0 Å². The Kier molecular flexibility index (Phi) is 6.89. The van der Waals surface area contributed by atoms with E-state index in [0.717, 1.165) is 16.1 Å². The van der Waals surface area contributed by atoms with Gasteiger partial charge in [0.2, 0.25) is 5.91 Å². The van der Waals surface area contributed by atoms with E-state index in [1.165, 1.54) is 23.5 Å². The summed E-state index contributed by atoms with van der Waals surface area (Å²) in [6, 6.07) is 6.14. The number of anilines is 1. The summed E-state index contributed by atoms with van der Waals surface area (Å²) in [6.07, 6.45) is 0.421. The molecule has 0 radical (unpaired) electrons. The van der Waals surface area contributed by atoms with Crippen LogP contribution in [0.3, 0.4) is 0 Å². The van der Waals surface area contributed by atoms with Crippen LogP contribution in [0.1, 0.15) is 23.1 Å². The number of nitrogens with zero attached hydrogens (tertiary/aromatic N) is 1. The number of carbonyl (C=O) groups is 1. The molecule has 0 aliphatic carbocycles. The highest BCUT2D eigenvalue weighted by molar-refractivity contribution is 7.15. The lowest BCUT2D eigenvalue weighted by Crippen LogP contribution is -2.53. The summed E-state index contributed by atoms with van der Waals surface area (Å²) >= 11 is 1.42. The fraction of sp³-hybridized carbons (Fsp3) is 0.412. The van der Waals surface area contributed by atoms with Gasteiger partial charge < -0.3 is 15.4 Å². The Balaban J connectivity index is 0.00000225. The molecule has 2 atom stereocenters. The first kappa shape index (κ1) is 19.8. The van der Waals surface area contributed by atoms with E-state index in [1.54, 1.807) is 6.07 Å². The number of nitrogens with one attached hydrogen (secondary N) is 2. The highest BCUT2D eigenvalue weighted by Crippen LogP contribution is 2.25. The minimum Gasteiger partial charge on any atom is -0.375 e. The van der Waals surface area contributed by atoms with Gasteiger partial charge in [0, 0.05) is 17.8 Å². The van der Waals surface area contributed by atoms with Crippen molar-refractivity contribution in [3.63, 3.8) is 0 Å². The second-order valence-electron chi connectivity index (χ2n) is 5.83. The molecule has 1 amide bonds. The molecule has 0 saturated carbocycles. The predicted octanol–water partition coefficient (Wildman–Crippen LogP) is 2.92. The second-order valence-corrected chi connectivity index (χ2v) is 6.91. The van der Waals surface area contributed by atoms with Crippen LogP contribution < -0.4 is 10.6 Å². The van der Waals surface area contributed by atoms with Crippen molar-refractivity contribution in [2.45, 2.75) is 32.4 Å². The van der Waals surface area contributed by atoms with Gasteiger partial charge in [-0.15, -0.1) is 23.7 Å². The maximum absolute atomic E-state index is 13.3. The zero-order valence-electron chi connectivity index (χ0n) is 14.0. The lowest BCUT2D eigenvalue weighted by atomic mass is 10.1. The maximum Gasteiger partial charge on any atom is 0.245 e. The molecule has 2 aromatic rings. The van der Waals surface area contributed by atoms with Crippen molar-refractivity contribution in [3.05, 3.63) is 46.2 Å². The summed E-state index contributed by atoms with van der Waals surface area (Å²) in [5.74, 6) is -0.395. The average molecular weight is 386 g/mol. The number of hydrogen-bond acceptors (Lipinski definition) is 5. The first-order chi connectivity index (χ1) is 11.5. The molecule has 1 aromatic carbocycles. The number of thiazole rings is 1. The Hall–Kier alpha value is -1.54. The third-order valence-electron chi connectivity index (χ3n) is 3.98. The number of amides is 1. The van der Waals surface area contributed by atoms with Crippen LogP contribution in [0.15, 0.2) is 24.3 Å². The number of morpholine rings is 1. The molecule has 0 spiro atoms. The van der Waals surface area contributed by atoms with Gasteiger partial charge in [0.1, 0.15) is 11.9 Å². The Labute approximate surface area is 156 Å². The van der Waals surface area contributed by atoms with E-state index < -0.39 is 0 Å². The standard InChI is InChI=1S/C17H20FN3O2S.ClH/c1-10-14(9-12-4-3-5-13(18)8-12)24-17(20-10)21-16(22)15-11(2)23-7-6-19-15;/h3-5,8,11,15,19H,6-7,9H2,1-2H3,(H,20,21,22);1H/t11-,15+;/m1./s1. The van der Waals surface area contributed by atoms with Crippen LogP contribution in [0.25, 0.3) is 0 Å². The van der Waals surface area contributed by atoms with Crippen LogP contribution in [0, 0.1) is 12.7 Å². The van der Waals surface area contributed by atoms with Crippen LogP contribution in [0.4, 0.5) is 9.52 Å². The molecule has 1 aromatic heterocycles. The molecule has 136 valence electrons. The number of benzene rings is 1. The minimum absolute atomic E-state index is 0. The SMILES string of the molecule is Cc1nc(NC(=O)[C@H]2NCCO[C@@H]2C)sc1Cc1cccc(F)c1.Cl. The van der Waals surface area contributed by atoms with Gasteiger partial charge >= 0.3 is 0 Å². The summed E-state index contributed by atoms with van der Waals surface area (Å²) < 4.78 is 18.8. The number of halogens is 2. The number of carbonyl (C=O) groups excluding carboxylic acids is 1. The molecule has 8 heteroatoms. The van der Waals surface area contributed by atoms with E-state index in [4.69, 9.17) is 4.74 Å². The highest BCUT2D eigenvalue weighted by atomic mass is 35.5. The molecular weight excluding hydrogens is 365 g/mol. The Morgan fingerprint density at radius 2 is 2.32 bits per heavy atom. The van der Waals surface area contributed by atoms with Crippen molar-refractivity contribution in [1.82, 2.24) is 10.3 Å². The number of rotatable bonds is 4. The van der Waals surface area contributed by atoms with Crippen molar-refractivity contribution in [2.75, 3.05) is 18.5 Å². The molecule has 3 rings (SSSR count). The molecule has 0 unspecified atom stereocenters. The quantitative estimate of drug-likeness (QED) is 0.849.